The van der Waals surface area contributed by atoms with Crippen LogP contribution >= 0.6 is 0 Å². The first-order chi connectivity index (χ1) is 9.38. The van der Waals surface area contributed by atoms with Crippen LogP contribution in [0.5, 0.6) is 0 Å². The highest BCUT2D eigenvalue weighted by Gasteiger charge is 2.23. The van der Waals surface area contributed by atoms with E-state index in [-0.39, 0.29) is 11.4 Å². The summed E-state index contributed by atoms with van der Waals surface area (Å²) in [5.41, 5.74) is 5.97. The molecule has 20 heavy (non-hydrogen) atoms. The van der Waals surface area contributed by atoms with E-state index in [2.05, 4.69) is 52.9 Å². The summed E-state index contributed by atoms with van der Waals surface area (Å²) in [6.07, 6.45) is 2.38. The molecule has 112 valence electrons. The molecule has 3 N–H and O–H groups in total. The zero-order valence-corrected chi connectivity index (χ0v) is 13.0. The van der Waals surface area contributed by atoms with E-state index in [4.69, 9.17) is 5.73 Å². The Bertz CT molecular complexity index is 451. The summed E-state index contributed by atoms with van der Waals surface area (Å²) in [5, 5.41) is 3.30. The fourth-order valence-corrected chi connectivity index (χ4v) is 2.03. The number of nitrogens with one attached hydrogen (secondary N) is 1. The molecule has 6 nitrogen and oxygen atoms in total. The Labute approximate surface area is 121 Å². The molecular formula is C14H26N6. The lowest BCUT2D eigenvalue weighted by Gasteiger charge is -2.29. The van der Waals surface area contributed by atoms with Crippen LogP contribution < -0.4 is 16.0 Å². The Morgan fingerprint density at radius 2 is 1.85 bits per heavy atom. The van der Waals surface area contributed by atoms with E-state index in [1.165, 1.54) is 12.8 Å². The number of rotatable bonds is 5. The Morgan fingerprint density at radius 3 is 2.45 bits per heavy atom. The van der Waals surface area contributed by atoms with Gasteiger partial charge in [0.25, 0.3) is 0 Å². The van der Waals surface area contributed by atoms with Crippen LogP contribution in [0.4, 0.5) is 17.8 Å². The molecule has 0 atom stereocenters. The van der Waals surface area contributed by atoms with Gasteiger partial charge in [0.2, 0.25) is 17.8 Å². The number of nitrogens with zero attached hydrogens (tertiary/aromatic N) is 4. The fourth-order valence-electron chi connectivity index (χ4n) is 2.03. The van der Waals surface area contributed by atoms with Crippen molar-refractivity contribution in [1.82, 2.24) is 15.0 Å². The summed E-state index contributed by atoms with van der Waals surface area (Å²) < 4.78 is 0. The van der Waals surface area contributed by atoms with Crippen molar-refractivity contribution in [3.8, 4) is 0 Å². The highest BCUT2D eigenvalue weighted by atomic mass is 15.3. The van der Waals surface area contributed by atoms with Crippen molar-refractivity contribution in [3.05, 3.63) is 0 Å². The molecule has 1 aromatic heterocycles. The van der Waals surface area contributed by atoms with Crippen molar-refractivity contribution in [2.75, 3.05) is 35.6 Å². The maximum atomic E-state index is 5.80. The van der Waals surface area contributed by atoms with Crippen molar-refractivity contribution in [2.45, 2.75) is 40.5 Å². The quantitative estimate of drug-likeness (QED) is 0.859. The molecule has 0 bridgehead atoms. The number of nitrogens with two attached hydrogens (primary N) is 1. The molecule has 0 unspecified atom stereocenters. The highest BCUT2D eigenvalue weighted by molar-refractivity contribution is 5.42. The lowest BCUT2D eigenvalue weighted by Crippen LogP contribution is -2.29. The molecule has 2 rings (SSSR count). The van der Waals surface area contributed by atoms with E-state index in [1.807, 2.05) is 0 Å². The third-order valence-corrected chi connectivity index (χ3v) is 4.29. The van der Waals surface area contributed by atoms with Crippen molar-refractivity contribution in [3.63, 3.8) is 0 Å². The van der Waals surface area contributed by atoms with Gasteiger partial charge in [-0.2, -0.15) is 15.0 Å². The molecule has 0 aromatic carbocycles. The minimum Gasteiger partial charge on any atom is -0.368 e. The van der Waals surface area contributed by atoms with E-state index < -0.39 is 0 Å². The minimum atomic E-state index is 0.176. The van der Waals surface area contributed by atoms with Gasteiger partial charge in [-0.05, 0) is 24.2 Å². The molecule has 6 heteroatoms. The van der Waals surface area contributed by atoms with Gasteiger partial charge in [-0.25, -0.2) is 0 Å². The average Bonchev–Trinajstić information content (AvgIpc) is 2.89. The van der Waals surface area contributed by atoms with Crippen LogP contribution in [0.2, 0.25) is 0 Å². The van der Waals surface area contributed by atoms with Gasteiger partial charge in [0.1, 0.15) is 0 Å². The third kappa shape index (κ3) is 3.49. The molecule has 1 aromatic rings. The van der Waals surface area contributed by atoms with Gasteiger partial charge in [0.15, 0.2) is 0 Å². The first-order valence-electron chi connectivity index (χ1n) is 7.39. The van der Waals surface area contributed by atoms with Crippen molar-refractivity contribution in [2.24, 2.45) is 11.3 Å². The molecule has 1 fully saturated rings. The summed E-state index contributed by atoms with van der Waals surface area (Å²) in [6.45, 7) is 11.7. The first-order valence-corrected chi connectivity index (χ1v) is 7.39. The summed E-state index contributed by atoms with van der Waals surface area (Å²) in [4.78, 5) is 15.1. The number of hydrogen-bond donors (Lipinski definition) is 2. The summed E-state index contributed by atoms with van der Waals surface area (Å²) in [6, 6.07) is 0. The molecule has 0 saturated carbocycles. The topological polar surface area (TPSA) is 80.0 Å². The first kappa shape index (κ1) is 14.8. The Balaban J connectivity index is 2.08. The average molecular weight is 278 g/mol. The van der Waals surface area contributed by atoms with Crippen molar-refractivity contribution >= 4 is 17.8 Å². The highest BCUT2D eigenvalue weighted by Crippen LogP contribution is 2.26. The van der Waals surface area contributed by atoms with Gasteiger partial charge >= 0.3 is 0 Å². The molecule has 0 spiro atoms. The molecule has 1 aliphatic heterocycles. The molecule has 0 radical (unpaired) electrons. The number of nitrogen functional groups attached to an aromatic ring is 1. The fraction of sp³-hybridized carbons (Fsp3) is 0.786. The second kappa shape index (κ2) is 5.81. The zero-order valence-electron chi connectivity index (χ0n) is 13.0. The van der Waals surface area contributed by atoms with E-state index >= 15 is 0 Å². The van der Waals surface area contributed by atoms with E-state index in [1.54, 1.807) is 0 Å². The van der Waals surface area contributed by atoms with Gasteiger partial charge in [-0.3, -0.25) is 0 Å². The van der Waals surface area contributed by atoms with Crippen molar-refractivity contribution in [1.29, 1.82) is 0 Å². The van der Waals surface area contributed by atoms with Crippen LogP contribution in [0.25, 0.3) is 0 Å². The van der Waals surface area contributed by atoms with Crippen LogP contribution in [0, 0.1) is 11.3 Å². The largest absolute Gasteiger partial charge is 0.368 e. The third-order valence-electron chi connectivity index (χ3n) is 4.29. The second-order valence-corrected chi connectivity index (χ2v) is 6.51. The normalized spacial score (nSPS) is 15.9. The zero-order chi connectivity index (χ0) is 14.8. The van der Waals surface area contributed by atoms with Crippen LogP contribution in [-0.4, -0.2) is 34.6 Å². The van der Waals surface area contributed by atoms with Crippen LogP contribution in [0.1, 0.15) is 40.5 Å². The smallest absolute Gasteiger partial charge is 0.231 e. The lowest BCUT2D eigenvalue weighted by atomic mass is 9.81. The molecule has 0 aliphatic carbocycles. The van der Waals surface area contributed by atoms with Crippen LogP contribution in [0.3, 0.4) is 0 Å². The number of anilines is 3. The van der Waals surface area contributed by atoms with Crippen LogP contribution in [0.15, 0.2) is 0 Å². The molecule has 1 saturated heterocycles. The second-order valence-electron chi connectivity index (χ2n) is 6.51. The number of aromatic nitrogens is 3. The van der Waals surface area contributed by atoms with E-state index in [9.17, 15) is 0 Å². The molecular weight excluding hydrogens is 252 g/mol. The monoisotopic (exact) mass is 278 g/mol. The van der Waals surface area contributed by atoms with Crippen molar-refractivity contribution < 1.29 is 0 Å². The maximum absolute atomic E-state index is 5.80. The maximum Gasteiger partial charge on any atom is 0.231 e. The van der Waals surface area contributed by atoms with Gasteiger partial charge in [-0.15, -0.1) is 0 Å². The molecule has 0 amide bonds. The summed E-state index contributed by atoms with van der Waals surface area (Å²) >= 11 is 0. The Kier molecular flexibility index (Phi) is 4.30. The number of hydrogen-bond acceptors (Lipinski definition) is 6. The van der Waals surface area contributed by atoms with Gasteiger partial charge in [0.05, 0.1) is 0 Å². The Morgan fingerprint density at radius 1 is 1.20 bits per heavy atom. The van der Waals surface area contributed by atoms with E-state index in [0.717, 1.165) is 19.6 Å². The SMILES string of the molecule is CC(C)C(C)(C)CNc1nc(N)nc(N2CCCC2)n1. The minimum absolute atomic E-state index is 0.176. The van der Waals surface area contributed by atoms with Gasteiger partial charge < -0.3 is 16.0 Å². The summed E-state index contributed by atoms with van der Waals surface area (Å²) in [7, 11) is 0. The predicted molar refractivity (Wildman–Crippen MR) is 82.8 cm³/mol. The van der Waals surface area contributed by atoms with Gasteiger partial charge in [-0.1, -0.05) is 27.7 Å². The Hall–Kier alpha value is -1.59. The van der Waals surface area contributed by atoms with Gasteiger partial charge in [0, 0.05) is 19.6 Å². The predicted octanol–water partition coefficient (Wildman–Crippen LogP) is 2.15. The van der Waals surface area contributed by atoms with E-state index in [0.29, 0.717) is 17.8 Å². The standard InChI is InChI=1S/C14H26N6/c1-10(2)14(3,4)9-16-12-17-11(15)18-13(19-12)20-7-5-6-8-20/h10H,5-9H2,1-4H3,(H3,15,16,17,18,19). The molecule has 1 aliphatic rings. The summed E-state index contributed by atoms with van der Waals surface area (Å²) in [5.74, 6) is 2.13. The van der Waals surface area contributed by atoms with Crippen LogP contribution in [-0.2, 0) is 0 Å². The molecule has 2 heterocycles. The lowest BCUT2D eigenvalue weighted by molar-refractivity contribution is 0.269.